The van der Waals surface area contributed by atoms with Crippen LogP contribution in [-0.2, 0) is 14.3 Å². The number of urea groups is 1. The van der Waals surface area contributed by atoms with Gasteiger partial charge in [0, 0.05) is 0 Å². The van der Waals surface area contributed by atoms with Crippen LogP contribution in [0, 0.1) is 0 Å². The molecule has 0 spiro atoms. The van der Waals surface area contributed by atoms with E-state index in [1.165, 1.54) is 0 Å². The lowest BCUT2D eigenvalue weighted by Gasteiger charge is -2.22. The van der Waals surface area contributed by atoms with Crippen molar-refractivity contribution in [3.05, 3.63) is 0 Å². The fraction of sp³-hybridized carbons (Fsp3) is 0.625. The summed E-state index contributed by atoms with van der Waals surface area (Å²) in [6.07, 6.45) is -0.180. The molecule has 0 radical (unpaired) electrons. The molecule has 0 aromatic carbocycles. The summed E-state index contributed by atoms with van der Waals surface area (Å²) in [6.45, 7) is 3.49. The fourth-order valence-electron chi connectivity index (χ4n) is 0.971. The smallest absolute Gasteiger partial charge is 0.335 e. The van der Waals surface area contributed by atoms with Crippen molar-refractivity contribution in [1.82, 2.24) is 16.2 Å². The van der Waals surface area contributed by atoms with E-state index in [0.717, 1.165) is 11.8 Å². The van der Waals surface area contributed by atoms with Gasteiger partial charge >= 0.3 is 12.0 Å². The molecule has 1 fully saturated rings. The van der Waals surface area contributed by atoms with Crippen molar-refractivity contribution in [1.29, 1.82) is 0 Å². The first kappa shape index (κ1) is 12.8. The maximum absolute atomic E-state index is 11.2. The number of carbonyl (C=O) groups is 3. The van der Waals surface area contributed by atoms with Crippen LogP contribution in [0.4, 0.5) is 4.79 Å². The Labute approximate surface area is 96.6 Å². The van der Waals surface area contributed by atoms with Gasteiger partial charge in [-0.1, -0.05) is 0 Å². The Balaban J connectivity index is 2.30. The number of nitrogens with one attached hydrogen (secondary N) is 3. The normalized spacial score (nSPS) is 20.3. The van der Waals surface area contributed by atoms with Crippen LogP contribution in [0.15, 0.2) is 0 Å². The first-order valence-electron chi connectivity index (χ1n) is 4.66. The van der Waals surface area contributed by atoms with Crippen molar-refractivity contribution in [2.24, 2.45) is 0 Å². The van der Waals surface area contributed by atoms with Gasteiger partial charge in [0.1, 0.15) is 0 Å². The molecule has 3 amide bonds. The van der Waals surface area contributed by atoms with Crippen LogP contribution in [0.1, 0.15) is 13.8 Å². The van der Waals surface area contributed by atoms with Crippen LogP contribution >= 0.6 is 11.8 Å². The molecule has 0 saturated carbocycles. The van der Waals surface area contributed by atoms with Crippen LogP contribution in [0.25, 0.3) is 0 Å². The highest BCUT2D eigenvalue weighted by Crippen LogP contribution is 2.10. The third kappa shape index (κ3) is 4.07. The second kappa shape index (κ2) is 5.71. The summed E-state index contributed by atoms with van der Waals surface area (Å²) >= 11 is 1.05. The Morgan fingerprint density at radius 2 is 2.19 bits per heavy atom. The minimum atomic E-state index is -0.683. The molecule has 8 heteroatoms. The number of rotatable bonds is 4. The quantitative estimate of drug-likeness (QED) is 0.571. The van der Waals surface area contributed by atoms with Crippen molar-refractivity contribution < 1.29 is 19.1 Å². The van der Waals surface area contributed by atoms with Gasteiger partial charge in [0.05, 0.1) is 11.9 Å². The van der Waals surface area contributed by atoms with Gasteiger partial charge in [-0.2, -0.15) is 0 Å². The van der Waals surface area contributed by atoms with Crippen LogP contribution in [-0.4, -0.2) is 35.1 Å². The third-order valence-corrected chi connectivity index (χ3v) is 2.59. The van der Waals surface area contributed by atoms with Gasteiger partial charge in [-0.25, -0.2) is 10.2 Å². The van der Waals surface area contributed by atoms with E-state index in [2.05, 4.69) is 16.2 Å². The van der Waals surface area contributed by atoms with E-state index in [4.69, 9.17) is 4.74 Å². The molecule has 90 valence electrons. The molecule has 0 aromatic rings. The zero-order valence-corrected chi connectivity index (χ0v) is 9.72. The highest BCUT2D eigenvalue weighted by molar-refractivity contribution is 8.01. The number of amides is 3. The fourth-order valence-corrected chi connectivity index (χ4v) is 1.69. The molecule has 16 heavy (non-hydrogen) atoms. The van der Waals surface area contributed by atoms with E-state index in [1.807, 2.05) is 0 Å². The van der Waals surface area contributed by atoms with Gasteiger partial charge < -0.3 is 4.74 Å². The Morgan fingerprint density at radius 3 is 2.75 bits per heavy atom. The number of ether oxygens (including phenoxy) is 1. The summed E-state index contributed by atoms with van der Waals surface area (Å²) in [5.74, 6) is -0.836. The zero-order valence-electron chi connectivity index (χ0n) is 8.90. The lowest BCUT2D eigenvalue weighted by atomic mass is 10.5. The largest absolute Gasteiger partial charge is 0.462 e. The van der Waals surface area contributed by atoms with Crippen LogP contribution in [0.2, 0.25) is 0 Å². The molecule has 1 rings (SSSR count). The van der Waals surface area contributed by atoms with E-state index >= 15 is 0 Å². The van der Waals surface area contributed by atoms with Crippen molar-refractivity contribution in [2.45, 2.75) is 25.3 Å². The molecule has 1 heterocycles. The molecule has 0 aliphatic carbocycles. The number of carbonyl (C=O) groups excluding carboxylic acids is 3. The van der Waals surface area contributed by atoms with Crippen LogP contribution in [0.3, 0.4) is 0 Å². The number of thioether (sulfide) groups is 1. The molecule has 1 aliphatic rings. The predicted octanol–water partition coefficient (Wildman–Crippen LogP) is -0.659. The van der Waals surface area contributed by atoms with Gasteiger partial charge in [-0.05, 0) is 13.8 Å². The molecule has 7 nitrogen and oxygen atoms in total. The summed E-state index contributed by atoms with van der Waals surface area (Å²) in [5.41, 5.74) is 4.70. The summed E-state index contributed by atoms with van der Waals surface area (Å²) < 4.78 is 4.89. The highest BCUT2D eigenvalue weighted by atomic mass is 32.2. The van der Waals surface area contributed by atoms with E-state index in [9.17, 15) is 14.4 Å². The van der Waals surface area contributed by atoms with Gasteiger partial charge in [-0.15, -0.1) is 11.8 Å². The van der Waals surface area contributed by atoms with E-state index in [-0.39, 0.29) is 11.9 Å². The average Bonchev–Trinajstić information content (AvgIpc) is 2.15. The second-order valence-corrected chi connectivity index (χ2v) is 4.41. The summed E-state index contributed by atoms with van der Waals surface area (Å²) in [5, 5.41) is 1.39. The summed E-state index contributed by atoms with van der Waals surface area (Å²) in [4.78, 5) is 33.1. The molecular formula is C8H13N3O4S. The summed E-state index contributed by atoms with van der Waals surface area (Å²) in [7, 11) is 0. The molecule has 3 N–H and O–H groups in total. The van der Waals surface area contributed by atoms with E-state index in [1.54, 1.807) is 13.8 Å². The van der Waals surface area contributed by atoms with Gasteiger partial charge in [0.15, 0.2) is 5.37 Å². The predicted molar refractivity (Wildman–Crippen MR) is 57.3 cm³/mol. The molecule has 1 aliphatic heterocycles. The first-order chi connectivity index (χ1) is 7.49. The SMILES string of the molecule is CC(C)OC(=O)CSC1NNC(=O)NC1=O. The van der Waals surface area contributed by atoms with Crippen molar-refractivity contribution >= 4 is 29.7 Å². The molecule has 0 bridgehead atoms. The molecular weight excluding hydrogens is 234 g/mol. The van der Waals surface area contributed by atoms with Crippen molar-refractivity contribution in [2.75, 3.05) is 5.75 Å². The maximum atomic E-state index is 11.2. The lowest BCUT2D eigenvalue weighted by Crippen LogP contribution is -2.61. The topological polar surface area (TPSA) is 96.5 Å². The average molecular weight is 247 g/mol. The standard InChI is InChI=1S/C8H13N3O4S/c1-4(2)15-5(12)3-16-7-6(13)9-8(14)11-10-7/h4,7,10H,3H2,1-2H3,(H2,9,11,13,14). The van der Waals surface area contributed by atoms with Gasteiger partial charge in [0.2, 0.25) is 0 Å². The van der Waals surface area contributed by atoms with Crippen LogP contribution < -0.4 is 16.2 Å². The van der Waals surface area contributed by atoms with Crippen molar-refractivity contribution in [3.63, 3.8) is 0 Å². The maximum Gasteiger partial charge on any atom is 0.335 e. The number of imide groups is 1. The highest BCUT2D eigenvalue weighted by Gasteiger charge is 2.26. The van der Waals surface area contributed by atoms with E-state index in [0.29, 0.717) is 0 Å². The number of esters is 1. The Hall–Kier alpha value is -1.28. The molecule has 1 saturated heterocycles. The van der Waals surface area contributed by atoms with Crippen molar-refractivity contribution in [3.8, 4) is 0 Å². The first-order valence-corrected chi connectivity index (χ1v) is 5.71. The minimum Gasteiger partial charge on any atom is -0.462 e. The second-order valence-electron chi connectivity index (χ2n) is 3.32. The van der Waals surface area contributed by atoms with Gasteiger partial charge in [-0.3, -0.25) is 20.3 Å². The van der Waals surface area contributed by atoms with Gasteiger partial charge in [0.25, 0.3) is 5.91 Å². The number of hydrogen-bond acceptors (Lipinski definition) is 6. The number of hydrogen-bond donors (Lipinski definition) is 3. The Bertz CT molecular complexity index is 308. The molecule has 0 aromatic heterocycles. The third-order valence-electron chi connectivity index (χ3n) is 1.53. The lowest BCUT2D eigenvalue weighted by molar-refractivity contribution is -0.144. The Kier molecular flexibility index (Phi) is 4.56. The van der Waals surface area contributed by atoms with E-state index < -0.39 is 23.3 Å². The monoisotopic (exact) mass is 247 g/mol. The minimum absolute atomic E-state index is 0.0408. The number of hydrazine groups is 1. The molecule has 1 atom stereocenters. The molecule has 1 unspecified atom stereocenters. The summed E-state index contributed by atoms with van der Waals surface area (Å²) in [6, 6.07) is -0.605. The van der Waals surface area contributed by atoms with Crippen LogP contribution in [0.5, 0.6) is 0 Å². The zero-order chi connectivity index (χ0) is 12.1. The Morgan fingerprint density at radius 1 is 1.50 bits per heavy atom.